The molecule has 0 bridgehead atoms. The number of carbonyl (C=O) groups is 2. The lowest BCUT2D eigenvalue weighted by molar-refractivity contribution is -0.384. The number of ketones is 1. The molecule has 8 heteroatoms. The van der Waals surface area contributed by atoms with E-state index in [0.29, 0.717) is 5.69 Å². The monoisotopic (exact) mass is 360 g/mol. The fourth-order valence-electron chi connectivity index (χ4n) is 2.32. The Hall–Kier alpha value is -3.29. The lowest BCUT2D eigenvalue weighted by Gasteiger charge is -2.18. The predicted octanol–water partition coefficient (Wildman–Crippen LogP) is 3.23. The molecule has 136 valence electrons. The minimum atomic E-state index is -1.14. The second-order valence-electron chi connectivity index (χ2n) is 5.77. The van der Waals surface area contributed by atoms with Crippen LogP contribution in [-0.4, -0.2) is 36.9 Å². The van der Waals surface area contributed by atoms with Crippen molar-refractivity contribution >= 4 is 23.1 Å². The molecule has 0 amide bonds. The van der Waals surface area contributed by atoms with Crippen LogP contribution in [-0.2, 0) is 4.74 Å². The first-order valence-corrected chi connectivity index (χ1v) is 7.67. The summed E-state index contributed by atoms with van der Waals surface area (Å²) in [5.41, 5.74) is 0.323. The van der Waals surface area contributed by atoms with Gasteiger partial charge in [-0.1, -0.05) is 0 Å². The molecule has 0 spiro atoms. The van der Waals surface area contributed by atoms with Crippen LogP contribution in [0.4, 0.5) is 15.8 Å². The Morgan fingerprint density at radius 2 is 1.77 bits per heavy atom. The number of esters is 1. The molecule has 1 atom stereocenters. The van der Waals surface area contributed by atoms with E-state index in [4.69, 9.17) is 4.74 Å². The van der Waals surface area contributed by atoms with Gasteiger partial charge in [0.25, 0.3) is 5.69 Å². The summed E-state index contributed by atoms with van der Waals surface area (Å²) in [4.78, 5) is 36.7. The molecule has 26 heavy (non-hydrogen) atoms. The molecule has 2 rings (SSSR count). The summed E-state index contributed by atoms with van der Waals surface area (Å²) in [5.74, 6) is -1.85. The fourth-order valence-corrected chi connectivity index (χ4v) is 2.32. The molecule has 0 heterocycles. The molecule has 2 aromatic rings. The Morgan fingerprint density at radius 1 is 1.15 bits per heavy atom. The summed E-state index contributed by atoms with van der Waals surface area (Å²) in [6, 6.07) is 8.66. The van der Waals surface area contributed by atoms with Crippen molar-refractivity contribution in [3.63, 3.8) is 0 Å². The van der Waals surface area contributed by atoms with Gasteiger partial charge in [0.1, 0.15) is 5.82 Å². The van der Waals surface area contributed by atoms with Crippen LogP contribution in [0.1, 0.15) is 27.6 Å². The number of nitrogens with zero attached hydrogens (tertiary/aromatic N) is 2. The Bertz CT molecular complexity index is 849. The number of non-ortho nitro benzene ring substituents is 1. The first-order chi connectivity index (χ1) is 12.2. The maximum absolute atomic E-state index is 12.9. The fraction of sp³-hybridized carbons (Fsp3) is 0.222. The summed E-state index contributed by atoms with van der Waals surface area (Å²) < 4.78 is 18.1. The number of rotatable bonds is 6. The zero-order chi connectivity index (χ0) is 19.4. The highest BCUT2D eigenvalue weighted by Gasteiger charge is 2.24. The number of halogens is 1. The third-order valence-corrected chi connectivity index (χ3v) is 3.67. The SMILES string of the molecule is C[C@@H](OC(=O)c1cc([N+](=O)[O-])ccc1N(C)C)C(=O)c1ccc(F)cc1. The van der Waals surface area contributed by atoms with Crippen LogP contribution in [0.3, 0.4) is 0 Å². The molecule has 0 saturated carbocycles. The van der Waals surface area contributed by atoms with Crippen LogP contribution in [0.25, 0.3) is 0 Å². The highest BCUT2D eigenvalue weighted by molar-refractivity contribution is 6.02. The molecule has 7 nitrogen and oxygen atoms in total. The maximum Gasteiger partial charge on any atom is 0.341 e. The van der Waals surface area contributed by atoms with Gasteiger partial charge in [0.2, 0.25) is 5.78 Å². The van der Waals surface area contributed by atoms with Gasteiger partial charge in [0.05, 0.1) is 16.2 Å². The van der Waals surface area contributed by atoms with Crippen molar-refractivity contribution in [2.45, 2.75) is 13.0 Å². The van der Waals surface area contributed by atoms with E-state index in [1.54, 1.807) is 19.0 Å². The average molecular weight is 360 g/mol. The number of carbonyl (C=O) groups excluding carboxylic acids is 2. The van der Waals surface area contributed by atoms with Gasteiger partial charge in [-0.15, -0.1) is 0 Å². The van der Waals surface area contributed by atoms with Crippen molar-refractivity contribution in [1.29, 1.82) is 0 Å². The van der Waals surface area contributed by atoms with Crippen LogP contribution in [0, 0.1) is 15.9 Å². The first-order valence-electron chi connectivity index (χ1n) is 7.67. The van der Waals surface area contributed by atoms with Gasteiger partial charge in [-0.05, 0) is 37.3 Å². The van der Waals surface area contributed by atoms with Crippen LogP contribution in [0.2, 0.25) is 0 Å². The van der Waals surface area contributed by atoms with E-state index in [1.807, 2.05) is 0 Å². The van der Waals surface area contributed by atoms with E-state index in [1.165, 1.54) is 31.2 Å². The van der Waals surface area contributed by atoms with E-state index >= 15 is 0 Å². The van der Waals surface area contributed by atoms with E-state index in [0.717, 1.165) is 18.2 Å². The number of nitro benzene ring substituents is 1. The third-order valence-electron chi connectivity index (χ3n) is 3.67. The van der Waals surface area contributed by atoms with Crippen LogP contribution in [0.5, 0.6) is 0 Å². The van der Waals surface area contributed by atoms with Crippen molar-refractivity contribution in [3.05, 3.63) is 69.5 Å². The van der Waals surface area contributed by atoms with E-state index < -0.39 is 28.6 Å². The van der Waals surface area contributed by atoms with Crippen LogP contribution < -0.4 is 4.90 Å². The van der Waals surface area contributed by atoms with Crippen molar-refractivity contribution in [1.82, 2.24) is 0 Å². The molecule has 0 N–H and O–H groups in total. The van der Waals surface area contributed by atoms with E-state index in [-0.39, 0.29) is 16.8 Å². The number of benzene rings is 2. The Kier molecular flexibility index (Phi) is 5.66. The zero-order valence-electron chi connectivity index (χ0n) is 14.4. The van der Waals surface area contributed by atoms with E-state index in [9.17, 15) is 24.1 Å². The summed E-state index contributed by atoms with van der Waals surface area (Å²) in [6.07, 6.45) is -1.14. The summed E-state index contributed by atoms with van der Waals surface area (Å²) in [6.45, 7) is 1.39. The molecule has 2 aromatic carbocycles. The quantitative estimate of drug-likeness (QED) is 0.340. The molecule has 0 aliphatic rings. The van der Waals surface area contributed by atoms with Gasteiger partial charge >= 0.3 is 5.97 Å². The third kappa shape index (κ3) is 4.21. The summed E-state index contributed by atoms with van der Waals surface area (Å²) in [5, 5.41) is 11.0. The Labute approximate surface area is 149 Å². The lowest BCUT2D eigenvalue weighted by atomic mass is 10.1. The molecule has 0 aliphatic carbocycles. The summed E-state index contributed by atoms with van der Waals surface area (Å²) in [7, 11) is 3.34. The predicted molar refractivity (Wildman–Crippen MR) is 93.0 cm³/mol. The van der Waals surface area contributed by atoms with Gasteiger partial charge in [0.15, 0.2) is 6.10 Å². The van der Waals surface area contributed by atoms with Crippen LogP contribution >= 0.6 is 0 Å². The molecule has 0 aliphatic heterocycles. The summed E-state index contributed by atoms with van der Waals surface area (Å²) >= 11 is 0. The molecule has 0 unspecified atom stereocenters. The Morgan fingerprint density at radius 3 is 2.31 bits per heavy atom. The molecule has 0 fully saturated rings. The largest absolute Gasteiger partial charge is 0.451 e. The smallest absolute Gasteiger partial charge is 0.341 e. The van der Waals surface area contributed by atoms with Gasteiger partial charge < -0.3 is 9.64 Å². The highest BCUT2D eigenvalue weighted by Crippen LogP contribution is 2.25. The Balaban J connectivity index is 2.25. The van der Waals surface area contributed by atoms with Gasteiger partial charge in [-0.3, -0.25) is 14.9 Å². The second-order valence-corrected chi connectivity index (χ2v) is 5.77. The molecular weight excluding hydrogens is 343 g/mol. The number of Topliss-reactive ketones (excluding diaryl/α,β-unsaturated/α-hetero) is 1. The number of hydrogen-bond donors (Lipinski definition) is 0. The molecule has 0 radical (unpaired) electrons. The van der Waals surface area contributed by atoms with Gasteiger partial charge in [-0.2, -0.15) is 0 Å². The number of anilines is 1. The minimum absolute atomic E-state index is 0.0250. The number of ether oxygens (including phenoxy) is 1. The van der Waals surface area contributed by atoms with Gasteiger partial charge in [-0.25, -0.2) is 9.18 Å². The normalized spacial score (nSPS) is 11.5. The molecular formula is C18H17FN2O5. The van der Waals surface area contributed by atoms with Crippen LogP contribution in [0.15, 0.2) is 42.5 Å². The van der Waals surface area contributed by atoms with E-state index in [2.05, 4.69) is 0 Å². The zero-order valence-corrected chi connectivity index (χ0v) is 14.4. The van der Waals surface area contributed by atoms with Crippen molar-refractivity contribution in [2.75, 3.05) is 19.0 Å². The van der Waals surface area contributed by atoms with Crippen molar-refractivity contribution in [2.24, 2.45) is 0 Å². The second kappa shape index (κ2) is 7.73. The minimum Gasteiger partial charge on any atom is -0.451 e. The first kappa shape index (κ1) is 19.0. The van der Waals surface area contributed by atoms with Gasteiger partial charge in [0, 0.05) is 31.8 Å². The molecule has 0 saturated heterocycles. The standard InChI is InChI=1S/C18H17FN2O5/c1-11(17(22)12-4-6-13(19)7-5-12)26-18(23)15-10-14(21(24)25)8-9-16(15)20(2)3/h4-11H,1-3H3/t11-/m1/s1. The topological polar surface area (TPSA) is 89.8 Å². The number of nitro groups is 1. The number of hydrogen-bond acceptors (Lipinski definition) is 6. The van der Waals surface area contributed by atoms with Crippen molar-refractivity contribution < 1.29 is 23.6 Å². The highest BCUT2D eigenvalue weighted by atomic mass is 19.1. The van der Waals surface area contributed by atoms with Crippen molar-refractivity contribution in [3.8, 4) is 0 Å². The lowest BCUT2D eigenvalue weighted by Crippen LogP contribution is -2.25. The maximum atomic E-state index is 12.9. The average Bonchev–Trinajstić information content (AvgIpc) is 2.60. The molecule has 0 aromatic heterocycles.